The van der Waals surface area contributed by atoms with Crippen molar-refractivity contribution in [1.82, 2.24) is 0 Å². The highest BCUT2D eigenvalue weighted by molar-refractivity contribution is 5.97. The summed E-state index contributed by atoms with van der Waals surface area (Å²) >= 11 is 0. The average Bonchev–Trinajstić information content (AvgIpc) is 2.59. The van der Waals surface area contributed by atoms with E-state index >= 15 is 0 Å². The lowest BCUT2D eigenvalue weighted by Crippen LogP contribution is -2.22. The van der Waals surface area contributed by atoms with Gasteiger partial charge in [0.25, 0.3) is 0 Å². The third-order valence-electron chi connectivity index (χ3n) is 3.98. The minimum atomic E-state index is -0.840. The van der Waals surface area contributed by atoms with Crippen LogP contribution in [0.2, 0.25) is 0 Å². The molecule has 2 atom stereocenters. The Labute approximate surface area is 144 Å². The first kappa shape index (κ1) is 20.3. The van der Waals surface area contributed by atoms with Crippen molar-refractivity contribution in [3.05, 3.63) is 11.6 Å². The molecule has 0 spiro atoms. The first-order valence-corrected chi connectivity index (χ1v) is 8.44. The Morgan fingerprint density at radius 2 is 2.17 bits per heavy atom. The second-order valence-electron chi connectivity index (χ2n) is 5.86. The van der Waals surface area contributed by atoms with E-state index in [9.17, 15) is 10.1 Å². The summed E-state index contributed by atoms with van der Waals surface area (Å²) in [6.45, 7) is 3.55. The van der Waals surface area contributed by atoms with Crippen LogP contribution in [0, 0.1) is 17.2 Å². The highest BCUT2D eigenvalue weighted by Gasteiger charge is 2.26. The van der Waals surface area contributed by atoms with E-state index in [4.69, 9.17) is 14.2 Å². The van der Waals surface area contributed by atoms with E-state index < -0.39 is 11.9 Å². The predicted octanol–water partition coefficient (Wildman–Crippen LogP) is 2.68. The van der Waals surface area contributed by atoms with E-state index in [0.717, 1.165) is 37.0 Å². The van der Waals surface area contributed by atoms with Crippen molar-refractivity contribution in [2.75, 3.05) is 34.0 Å². The number of carbonyl (C=O) groups is 1. The number of hydrogen-bond acceptors (Lipinski definition) is 6. The van der Waals surface area contributed by atoms with Crippen LogP contribution >= 0.6 is 0 Å². The number of ether oxygens (including phenoxy) is 3. The minimum absolute atomic E-state index is 0.0260. The number of allylic oxidation sites excluding steroid dienone is 1. The fraction of sp³-hybridized carbons (Fsp3) is 0.722. The summed E-state index contributed by atoms with van der Waals surface area (Å²) in [5.74, 6) is -1.32. The van der Waals surface area contributed by atoms with Gasteiger partial charge in [0.2, 0.25) is 0 Å². The molecule has 1 aliphatic rings. The van der Waals surface area contributed by atoms with Crippen molar-refractivity contribution in [3.63, 3.8) is 0 Å². The Morgan fingerprint density at radius 1 is 1.38 bits per heavy atom. The van der Waals surface area contributed by atoms with Crippen LogP contribution in [0.3, 0.4) is 0 Å². The first-order chi connectivity index (χ1) is 11.6. The van der Waals surface area contributed by atoms with Crippen LogP contribution in [0.4, 0.5) is 0 Å². The summed E-state index contributed by atoms with van der Waals surface area (Å²) in [5, 5.41) is 9.36. The summed E-state index contributed by atoms with van der Waals surface area (Å²) in [6.07, 6.45) is 5.92. The highest BCUT2D eigenvalue weighted by Crippen LogP contribution is 2.24. The van der Waals surface area contributed by atoms with Gasteiger partial charge in [0.1, 0.15) is 0 Å². The molecule has 134 valence electrons. The summed E-state index contributed by atoms with van der Waals surface area (Å²) < 4.78 is 15.3. The average molecular weight is 336 g/mol. The van der Waals surface area contributed by atoms with Crippen LogP contribution in [0.25, 0.3) is 0 Å². The van der Waals surface area contributed by atoms with Crippen LogP contribution in [-0.4, -0.2) is 51.8 Å². The molecule has 1 rings (SSSR count). The minimum Gasteiger partial charge on any atom is -0.464 e. The van der Waals surface area contributed by atoms with Gasteiger partial charge in [-0.3, -0.25) is 9.79 Å². The number of aliphatic imine (C=N–C) groups is 1. The molecular formula is C18H28N2O4. The molecule has 0 radical (unpaired) electrons. The summed E-state index contributed by atoms with van der Waals surface area (Å²) in [7, 11) is 3.28. The SMILES string of the molecule is COCCCN=C1C=C(C(C#N)C(=O)OCCC(C)OC)CCC1. The largest absolute Gasteiger partial charge is 0.464 e. The maximum absolute atomic E-state index is 12.2. The number of nitrogens with zero attached hydrogens (tertiary/aromatic N) is 2. The van der Waals surface area contributed by atoms with Gasteiger partial charge in [-0.05, 0) is 44.3 Å². The van der Waals surface area contributed by atoms with Crippen LogP contribution in [0.1, 0.15) is 39.0 Å². The molecule has 24 heavy (non-hydrogen) atoms. The number of carbonyl (C=O) groups excluding carboxylic acids is 1. The lowest BCUT2D eigenvalue weighted by molar-refractivity contribution is -0.146. The molecule has 0 saturated carbocycles. The standard InChI is InChI=1S/C18H28N2O4/c1-14(23-3)8-11-24-18(21)17(13-19)15-6-4-7-16(12-15)20-9-5-10-22-2/h12,14,17H,4-11H2,1-3H3. The second-order valence-corrected chi connectivity index (χ2v) is 5.86. The van der Waals surface area contributed by atoms with E-state index in [1.54, 1.807) is 14.2 Å². The van der Waals surface area contributed by atoms with Gasteiger partial charge in [-0.1, -0.05) is 0 Å². The smallest absolute Gasteiger partial charge is 0.327 e. The Kier molecular flexibility index (Phi) is 9.97. The van der Waals surface area contributed by atoms with E-state index in [-0.39, 0.29) is 12.7 Å². The van der Waals surface area contributed by atoms with Crippen molar-refractivity contribution < 1.29 is 19.0 Å². The summed E-state index contributed by atoms with van der Waals surface area (Å²) in [4.78, 5) is 16.7. The molecule has 0 bridgehead atoms. The fourth-order valence-electron chi connectivity index (χ4n) is 2.43. The molecular weight excluding hydrogens is 308 g/mol. The van der Waals surface area contributed by atoms with Crippen molar-refractivity contribution in [2.24, 2.45) is 10.9 Å². The molecule has 0 amide bonds. The Morgan fingerprint density at radius 3 is 2.83 bits per heavy atom. The lowest BCUT2D eigenvalue weighted by atomic mass is 9.89. The molecule has 0 aromatic rings. The quantitative estimate of drug-likeness (QED) is 0.452. The molecule has 6 heteroatoms. The Balaban J connectivity index is 2.60. The van der Waals surface area contributed by atoms with Crippen molar-refractivity contribution in [3.8, 4) is 6.07 Å². The molecule has 2 unspecified atom stereocenters. The van der Waals surface area contributed by atoms with Gasteiger partial charge < -0.3 is 14.2 Å². The monoisotopic (exact) mass is 336 g/mol. The molecule has 1 aliphatic carbocycles. The number of methoxy groups -OCH3 is 2. The van der Waals surface area contributed by atoms with Gasteiger partial charge in [0.05, 0.1) is 18.8 Å². The molecule has 0 aromatic heterocycles. The molecule has 0 N–H and O–H groups in total. The third-order valence-corrected chi connectivity index (χ3v) is 3.98. The van der Waals surface area contributed by atoms with E-state index in [0.29, 0.717) is 19.6 Å². The lowest BCUT2D eigenvalue weighted by Gasteiger charge is -2.18. The number of rotatable bonds is 10. The topological polar surface area (TPSA) is 80.9 Å². The number of nitriles is 1. The van der Waals surface area contributed by atoms with Crippen LogP contribution in [0.15, 0.2) is 16.6 Å². The number of esters is 1. The van der Waals surface area contributed by atoms with Gasteiger partial charge in [-0.15, -0.1) is 0 Å². The van der Waals surface area contributed by atoms with Gasteiger partial charge in [0, 0.05) is 39.5 Å². The van der Waals surface area contributed by atoms with Crippen molar-refractivity contribution in [2.45, 2.75) is 45.1 Å². The van der Waals surface area contributed by atoms with Gasteiger partial charge in [-0.25, -0.2) is 0 Å². The Hall–Kier alpha value is -1.71. The van der Waals surface area contributed by atoms with Gasteiger partial charge >= 0.3 is 5.97 Å². The first-order valence-electron chi connectivity index (χ1n) is 8.44. The van der Waals surface area contributed by atoms with E-state index in [1.165, 1.54) is 0 Å². The van der Waals surface area contributed by atoms with E-state index in [2.05, 4.69) is 11.1 Å². The summed E-state index contributed by atoms with van der Waals surface area (Å²) in [5.41, 5.74) is 1.76. The summed E-state index contributed by atoms with van der Waals surface area (Å²) in [6, 6.07) is 2.07. The van der Waals surface area contributed by atoms with Crippen molar-refractivity contribution in [1.29, 1.82) is 5.26 Å². The molecule has 0 heterocycles. The normalized spacial score (nSPS) is 18.6. The molecule has 0 aliphatic heterocycles. The maximum atomic E-state index is 12.2. The van der Waals surface area contributed by atoms with Crippen molar-refractivity contribution >= 4 is 11.7 Å². The third kappa shape index (κ3) is 7.24. The van der Waals surface area contributed by atoms with Crippen LogP contribution in [0.5, 0.6) is 0 Å². The molecule has 6 nitrogen and oxygen atoms in total. The van der Waals surface area contributed by atoms with Crippen LogP contribution < -0.4 is 0 Å². The second kappa shape index (κ2) is 11.8. The number of hydrogen-bond donors (Lipinski definition) is 0. The molecule has 0 saturated heterocycles. The molecule has 0 fully saturated rings. The fourth-order valence-corrected chi connectivity index (χ4v) is 2.43. The Bertz CT molecular complexity index is 494. The highest BCUT2D eigenvalue weighted by atomic mass is 16.5. The van der Waals surface area contributed by atoms with Crippen LogP contribution in [-0.2, 0) is 19.0 Å². The zero-order chi connectivity index (χ0) is 17.8. The van der Waals surface area contributed by atoms with Gasteiger partial charge in [0.15, 0.2) is 5.92 Å². The molecule has 0 aromatic carbocycles. The maximum Gasteiger partial charge on any atom is 0.327 e. The predicted molar refractivity (Wildman–Crippen MR) is 91.9 cm³/mol. The van der Waals surface area contributed by atoms with Gasteiger partial charge in [-0.2, -0.15) is 5.26 Å². The zero-order valence-electron chi connectivity index (χ0n) is 14.9. The van der Waals surface area contributed by atoms with E-state index in [1.807, 2.05) is 13.0 Å². The zero-order valence-corrected chi connectivity index (χ0v) is 14.9.